The number of carbonyl (C=O) groups excluding carboxylic acids is 2. The Kier molecular flexibility index (Phi) is 4.37. The lowest BCUT2D eigenvalue weighted by atomic mass is 10.0. The summed E-state index contributed by atoms with van der Waals surface area (Å²) in [4.78, 5) is 23.3. The van der Waals surface area contributed by atoms with Gasteiger partial charge in [0.1, 0.15) is 5.82 Å². The monoisotopic (exact) mass is 312 g/mol. The summed E-state index contributed by atoms with van der Waals surface area (Å²) in [6.45, 7) is 0. The second-order valence-electron chi connectivity index (χ2n) is 5.60. The first-order valence-electron chi connectivity index (χ1n) is 7.57. The summed E-state index contributed by atoms with van der Waals surface area (Å²) in [5.74, 6) is -0.391. The molecular weight excluding hydrogens is 295 g/mol. The zero-order valence-electron chi connectivity index (χ0n) is 12.6. The molecule has 0 spiro atoms. The van der Waals surface area contributed by atoms with Crippen LogP contribution in [0.2, 0.25) is 0 Å². The fraction of sp³-hybridized carbons (Fsp3) is 0.222. The molecular formula is C18H17FN2O2. The van der Waals surface area contributed by atoms with Crippen molar-refractivity contribution in [1.82, 2.24) is 0 Å². The smallest absolute Gasteiger partial charge is 0.224 e. The number of hydrogen-bond acceptors (Lipinski definition) is 2. The molecule has 4 nitrogen and oxygen atoms in total. The minimum absolute atomic E-state index is 0.0179. The minimum Gasteiger partial charge on any atom is -0.326 e. The van der Waals surface area contributed by atoms with Gasteiger partial charge in [0.25, 0.3) is 0 Å². The maximum atomic E-state index is 13.1. The third-order valence-corrected chi connectivity index (χ3v) is 3.81. The molecule has 0 radical (unpaired) electrons. The fourth-order valence-electron chi connectivity index (χ4n) is 2.63. The number of anilines is 2. The van der Waals surface area contributed by atoms with Crippen LogP contribution in [0.1, 0.15) is 24.0 Å². The van der Waals surface area contributed by atoms with Crippen LogP contribution in [0.5, 0.6) is 0 Å². The number of rotatable bonds is 4. The SMILES string of the molecule is O=C(CCc1cccc(F)c1)Nc1ccc2c(c1)CCC(=O)N2. The van der Waals surface area contributed by atoms with E-state index >= 15 is 0 Å². The van der Waals surface area contributed by atoms with Crippen LogP contribution < -0.4 is 10.6 Å². The molecule has 0 saturated heterocycles. The molecule has 1 aliphatic heterocycles. The molecule has 0 aliphatic carbocycles. The van der Waals surface area contributed by atoms with Crippen molar-refractivity contribution in [1.29, 1.82) is 0 Å². The molecule has 0 bridgehead atoms. The summed E-state index contributed by atoms with van der Waals surface area (Å²) in [5.41, 5.74) is 3.34. The van der Waals surface area contributed by atoms with E-state index in [1.807, 2.05) is 6.07 Å². The number of carbonyl (C=O) groups is 2. The molecule has 0 saturated carbocycles. The van der Waals surface area contributed by atoms with Crippen LogP contribution in [0.25, 0.3) is 0 Å². The zero-order chi connectivity index (χ0) is 16.2. The van der Waals surface area contributed by atoms with E-state index < -0.39 is 0 Å². The lowest BCUT2D eigenvalue weighted by molar-refractivity contribution is -0.117. The highest BCUT2D eigenvalue weighted by Crippen LogP contribution is 2.25. The van der Waals surface area contributed by atoms with Gasteiger partial charge in [-0.05, 0) is 54.3 Å². The number of halogens is 1. The number of benzene rings is 2. The Balaban J connectivity index is 1.59. The second kappa shape index (κ2) is 6.60. The van der Waals surface area contributed by atoms with Crippen LogP contribution in [-0.2, 0) is 22.4 Å². The molecule has 2 N–H and O–H groups in total. The van der Waals surface area contributed by atoms with Crippen LogP contribution in [0.15, 0.2) is 42.5 Å². The van der Waals surface area contributed by atoms with Gasteiger partial charge in [0.2, 0.25) is 11.8 Å². The van der Waals surface area contributed by atoms with Crippen molar-refractivity contribution in [2.75, 3.05) is 10.6 Å². The predicted molar refractivity (Wildman–Crippen MR) is 86.7 cm³/mol. The van der Waals surface area contributed by atoms with E-state index in [1.165, 1.54) is 12.1 Å². The number of amides is 2. The Morgan fingerprint density at radius 3 is 2.87 bits per heavy atom. The highest BCUT2D eigenvalue weighted by Gasteiger charge is 2.15. The molecule has 2 aromatic rings. The molecule has 5 heteroatoms. The summed E-state index contributed by atoms with van der Waals surface area (Å²) in [5, 5.41) is 5.65. The number of aryl methyl sites for hydroxylation is 2. The quantitative estimate of drug-likeness (QED) is 0.910. The van der Waals surface area contributed by atoms with Gasteiger partial charge >= 0.3 is 0 Å². The van der Waals surface area contributed by atoms with Gasteiger partial charge < -0.3 is 10.6 Å². The summed E-state index contributed by atoms with van der Waals surface area (Å²) in [6.07, 6.45) is 1.92. The van der Waals surface area contributed by atoms with Crippen molar-refractivity contribution in [2.24, 2.45) is 0 Å². The van der Waals surface area contributed by atoms with E-state index in [1.54, 1.807) is 24.3 Å². The molecule has 1 aliphatic rings. The molecule has 0 fully saturated rings. The highest BCUT2D eigenvalue weighted by molar-refractivity contribution is 5.95. The molecule has 0 unspecified atom stereocenters. The third-order valence-electron chi connectivity index (χ3n) is 3.81. The number of fused-ring (bicyclic) bond motifs is 1. The van der Waals surface area contributed by atoms with E-state index in [-0.39, 0.29) is 24.1 Å². The standard InChI is InChI=1S/C18H17FN2O2/c19-14-3-1-2-12(10-14)4-8-17(22)20-15-6-7-16-13(11-15)5-9-18(23)21-16/h1-3,6-7,10-11H,4-5,8-9H2,(H,20,22)(H,21,23). The summed E-state index contributed by atoms with van der Waals surface area (Å²) >= 11 is 0. The highest BCUT2D eigenvalue weighted by atomic mass is 19.1. The van der Waals surface area contributed by atoms with Crippen molar-refractivity contribution >= 4 is 23.2 Å². The van der Waals surface area contributed by atoms with Gasteiger partial charge in [-0.3, -0.25) is 9.59 Å². The molecule has 0 atom stereocenters. The largest absolute Gasteiger partial charge is 0.326 e. The summed E-state index contributed by atoms with van der Waals surface area (Å²) in [7, 11) is 0. The van der Waals surface area contributed by atoms with Crippen molar-refractivity contribution in [3.8, 4) is 0 Å². The maximum absolute atomic E-state index is 13.1. The van der Waals surface area contributed by atoms with Gasteiger partial charge in [-0.1, -0.05) is 12.1 Å². The first kappa shape index (κ1) is 15.2. The normalized spacial score (nSPS) is 13.2. The minimum atomic E-state index is -0.292. The van der Waals surface area contributed by atoms with Gasteiger partial charge in [-0.25, -0.2) is 4.39 Å². The molecule has 0 aromatic heterocycles. The van der Waals surface area contributed by atoms with Crippen LogP contribution in [-0.4, -0.2) is 11.8 Å². The average Bonchev–Trinajstić information content (AvgIpc) is 2.53. The number of hydrogen-bond donors (Lipinski definition) is 2. The molecule has 118 valence electrons. The van der Waals surface area contributed by atoms with Gasteiger partial charge in [-0.2, -0.15) is 0 Å². The Hall–Kier alpha value is -2.69. The van der Waals surface area contributed by atoms with Gasteiger partial charge in [0, 0.05) is 24.2 Å². The number of nitrogens with one attached hydrogen (secondary N) is 2. The van der Waals surface area contributed by atoms with E-state index in [2.05, 4.69) is 10.6 Å². The Morgan fingerprint density at radius 1 is 1.17 bits per heavy atom. The zero-order valence-corrected chi connectivity index (χ0v) is 12.6. The molecule has 23 heavy (non-hydrogen) atoms. The van der Waals surface area contributed by atoms with Crippen LogP contribution >= 0.6 is 0 Å². The maximum Gasteiger partial charge on any atom is 0.224 e. The van der Waals surface area contributed by atoms with Crippen LogP contribution in [0.4, 0.5) is 15.8 Å². The van der Waals surface area contributed by atoms with Crippen LogP contribution in [0, 0.1) is 5.82 Å². The topological polar surface area (TPSA) is 58.2 Å². The third kappa shape index (κ3) is 3.94. The first-order chi connectivity index (χ1) is 11.1. The Morgan fingerprint density at radius 2 is 2.04 bits per heavy atom. The van der Waals surface area contributed by atoms with E-state index in [0.717, 1.165) is 16.8 Å². The van der Waals surface area contributed by atoms with Crippen LogP contribution in [0.3, 0.4) is 0 Å². The summed E-state index contributed by atoms with van der Waals surface area (Å²) in [6, 6.07) is 11.7. The van der Waals surface area contributed by atoms with Gasteiger partial charge in [-0.15, -0.1) is 0 Å². The lowest BCUT2D eigenvalue weighted by Gasteiger charge is -2.17. The molecule has 1 heterocycles. The Bertz CT molecular complexity index is 758. The van der Waals surface area contributed by atoms with E-state index in [4.69, 9.17) is 0 Å². The van der Waals surface area contributed by atoms with Gasteiger partial charge in [0.05, 0.1) is 0 Å². The average molecular weight is 312 g/mol. The fourth-order valence-corrected chi connectivity index (χ4v) is 2.63. The van der Waals surface area contributed by atoms with Crippen molar-refractivity contribution in [2.45, 2.75) is 25.7 Å². The van der Waals surface area contributed by atoms with Gasteiger partial charge in [0.15, 0.2) is 0 Å². The summed E-state index contributed by atoms with van der Waals surface area (Å²) < 4.78 is 13.1. The van der Waals surface area contributed by atoms with Crippen molar-refractivity contribution < 1.29 is 14.0 Å². The molecule has 2 amide bonds. The van der Waals surface area contributed by atoms with E-state index in [0.29, 0.717) is 24.9 Å². The second-order valence-corrected chi connectivity index (χ2v) is 5.60. The van der Waals surface area contributed by atoms with E-state index in [9.17, 15) is 14.0 Å². The van der Waals surface area contributed by atoms with Crippen molar-refractivity contribution in [3.63, 3.8) is 0 Å². The Labute approximate surface area is 133 Å². The lowest BCUT2D eigenvalue weighted by Crippen LogP contribution is -2.19. The first-order valence-corrected chi connectivity index (χ1v) is 7.57. The predicted octanol–water partition coefficient (Wildman–Crippen LogP) is 3.28. The molecule has 2 aromatic carbocycles. The molecule has 3 rings (SSSR count). The van der Waals surface area contributed by atoms with Crippen molar-refractivity contribution in [3.05, 3.63) is 59.4 Å².